The van der Waals surface area contributed by atoms with Gasteiger partial charge in [0.05, 0.1) is 12.6 Å². The number of benzene rings is 1. The monoisotopic (exact) mass is 278 g/mol. The number of methoxy groups -OCH3 is 1. The molecule has 0 aliphatic rings. The molecule has 0 aromatic heterocycles. The molecule has 1 rings (SSSR count). The van der Waals surface area contributed by atoms with Gasteiger partial charge in [-0.25, -0.2) is 0 Å². The van der Waals surface area contributed by atoms with Crippen LogP contribution in [-0.4, -0.2) is 32.7 Å². The van der Waals surface area contributed by atoms with Crippen LogP contribution in [0, 0.1) is 5.92 Å². The summed E-state index contributed by atoms with van der Waals surface area (Å²) in [6, 6.07) is 10.3. The van der Waals surface area contributed by atoms with Crippen LogP contribution in [0.5, 0.6) is 0 Å². The number of hydrogen-bond acceptors (Lipinski definition) is 3. The zero-order valence-electron chi connectivity index (χ0n) is 12.7. The Balaban J connectivity index is 2.35. The lowest BCUT2D eigenvalue weighted by atomic mass is 10.1. The van der Waals surface area contributed by atoms with Crippen molar-refractivity contribution in [1.29, 1.82) is 0 Å². The van der Waals surface area contributed by atoms with E-state index in [2.05, 4.69) is 36.6 Å². The highest BCUT2D eigenvalue weighted by molar-refractivity contribution is 5.76. The molecule has 4 nitrogen and oxygen atoms in total. The van der Waals surface area contributed by atoms with Gasteiger partial charge in [0.1, 0.15) is 0 Å². The van der Waals surface area contributed by atoms with Crippen molar-refractivity contribution in [2.24, 2.45) is 5.92 Å². The summed E-state index contributed by atoms with van der Waals surface area (Å²) in [7, 11) is 1.69. The van der Waals surface area contributed by atoms with Gasteiger partial charge in [0.15, 0.2) is 0 Å². The largest absolute Gasteiger partial charge is 0.383 e. The molecule has 1 unspecified atom stereocenters. The van der Waals surface area contributed by atoms with E-state index in [0.29, 0.717) is 25.5 Å². The third kappa shape index (κ3) is 6.68. The molecular formula is C16H26N2O2. The van der Waals surface area contributed by atoms with Crippen molar-refractivity contribution in [2.45, 2.75) is 26.3 Å². The Labute approximate surface area is 121 Å². The van der Waals surface area contributed by atoms with Gasteiger partial charge in [-0.2, -0.15) is 0 Å². The maximum absolute atomic E-state index is 11.6. The fraction of sp³-hybridized carbons (Fsp3) is 0.562. The van der Waals surface area contributed by atoms with Gasteiger partial charge >= 0.3 is 0 Å². The molecule has 0 saturated heterocycles. The first-order chi connectivity index (χ1) is 9.63. The van der Waals surface area contributed by atoms with Crippen molar-refractivity contribution in [3.63, 3.8) is 0 Å². The zero-order chi connectivity index (χ0) is 14.8. The van der Waals surface area contributed by atoms with Crippen LogP contribution in [0.15, 0.2) is 30.3 Å². The van der Waals surface area contributed by atoms with E-state index < -0.39 is 0 Å². The van der Waals surface area contributed by atoms with Crippen molar-refractivity contribution in [1.82, 2.24) is 10.6 Å². The topological polar surface area (TPSA) is 50.4 Å². The van der Waals surface area contributed by atoms with Crippen LogP contribution in [0.2, 0.25) is 0 Å². The van der Waals surface area contributed by atoms with Crippen LogP contribution in [0.1, 0.15) is 31.9 Å². The molecule has 1 amide bonds. The molecule has 0 fully saturated rings. The van der Waals surface area contributed by atoms with Gasteiger partial charge in [-0.15, -0.1) is 0 Å². The van der Waals surface area contributed by atoms with E-state index in [0.717, 1.165) is 6.54 Å². The van der Waals surface area contributed by atoms with Crippen molar-refractivity contribution in [2.75, 3.05) is 26.8 Å². The number of rotatable bonds is 9. The van der Waals surface area contributed by atoms with E-state index >= 15 is 0 Å². The minimum atomic E-state index is 0.0930. The predicted octanol–water partition coefficient (Wildman–Crippen LogP) is 2.13. The summed E-state index contributed by atoms with van der Waals surface area (Å²) in [4.78, 5) is 11.6. The van der Waals surface area contributed by atoms with E-state index in [9.17, 15) is 4.79 Å². The van der Waals surface area contributed by atoms with Crippen molar-refractivity contribution < 1.29 is 9.53 Å². The van der Waals surface area contributed by atoms with Gasteiger partial charge < -0.3 is 15.4 Å². The summed E-state index contributed by atoms with van der Waals surface area (Å²) in [5.74, 6) is 0.577. The molecule has 20 heavy (non-hydrogen) atoms. The van der Waals surface area contributed by atoms with Crippen LogP contribution in [0.25, 0.3) is 0 Å². The van der Waals surface area contributed by atoms with Gasteiger partial charge in [0.25, 0.3) is 0 Å². The number of amides is 1. The van der Waals surface area contributed by atoms with Crippen LogP contribution in [0.4, 0.5) is 0 Å². The van der Waals surface area contributed by atoms with Crippen LogP contribution < -0.4 is 10.6 Å². The van der Waals surface area contributed by atoms with Crippen molar-refractivity contribution in [3.8, 4) is 0 Å². The summed E-state index contributed by atoms with van der Waals surface area (Å²) in [6.45, 7) is 6.15. The first-order valence-electron chi connectivity index (χ1n) is 7.17. The summed E-state index contributed by atoms with van der Waals surface area (Å²) in [5.41, 5.74) is 1.18. The van der Waals surface area contributed by atoms with Gasteiger partial charge in [0.2, 0.25) is 5.91 Å². The lowest BCUT2D eigenvalue weighted by Gasteiger charge is -2.18. The van der Waals surface area contributed by atoms with E-state index in [1.54, 1.807) is 7.11 Å². The first-order valence-corrected chi connectivity index (χ1v) is 7.17. The highest BCUT2D eigenvalue weighted by atomic mass is 16.5. The molecule has 0 saturated carbocycles. The highest BCUT2D eigenvalue weighted by Gasteiger charge is 2.11. The van der Waals surface area contributed by atoms with Crippen LogP contribution in [-0.2, 0) is 9.53 Å². The molecule has 112 valence electrons. The molecule has 0 radical (unpaired) electrons. The molecule has 1 atom stereocenters. The van der Waals surface area contributed by atoms with E-state index in [4.69, 9.17) is 4.74 Å². The third-order valence-electron chi connectivity index (χ3n) is 2.99. The molecule has 1 aromatic rings. The van der Waals surface area contributed by atoms with Gasteiger partial charge in [0, 0.05) is 26.6 Å². The molecular weight excluding hydrogens is 252 g/mol. The number of carbonyl (C=O) groups is 1. The normalized spacial score (nSPS) is 12.4. The second-order valence-electron chi connectivity index (χ2n) is 5.32. The zero-order valence-corrected chi connectivity index (χ0v) is 12.7. The second kappa shape index (κ2) is 9.50. The quantitative estimate of drug-likeness (QED) is 0.727. The maximum atomic E-state index is 11.6. The lowest BCUT2D eigenvalue weighted by Crippen LogP contribution is -2.32. The Morgan fingerprint density at radius 2 is 1.95 bits per heavy atom. The molecule has 0 spiro atoms. The number of nitrogens with one attached hydrogen (secondary N) is 2. The van der Waals surface area contributed by atoms with E-state index in [-0.39, 0.29) is 11.9 Å². The lowest BCUT2D eigenvalue weighted by molar-refractivity contribution is -0.121. The Kier molecular flexibility index (Phi) is 7.92. The molecule has 0 bridgehead atoms. The fourth-order valence-electron chi connectivity index (χ4n) is 1.89. The number of hydrogen-bond donors (Lipinski definition) is 2. The minimum Gasteiger partial charge on any atom is -0.383 e. The average molecular weight is 278 g/mol. The second-order valence-corrected chi connectivity index (χ2v) is 5.32. The minimum absolute atomic E-state index is 0.0930. The van der Waals surface area contributed by atoms with Gasteiger partial charge in [-0.05, 0) is 11.5 Å². The standard InChI is InChI=1S/C16H26N2O2/c1-13(2)11-18-16(19)9-10-17-15(12-20-3)14-7-5-4-6-8-14/h4-8,13,15,17H,9-12H2,1-3H3,(H,18,19). The average Bonchev–Trinajstić information content (AvgIpc) is 2.45. The molecule has 2 N–H and O–H groups in total. The smallest absolute Gasteiger partial charge is 0.221 e. The Morgan fingerprint density at radius 3 is 2.55 bits per heavy atom. The van der Waals surface area contributed by atoms with Gasteiger partial charge in [-0.3, -0.25) is 4.79 Å². The van der Waals surface area contributed by atoms with E-state index in [1.165, 1.54) is 5.56 Å². The molecule has 1 aromatic carbocycles. The Hall–Kier alpha value is -1.39. The molecule has 4 heteroatoms. The molecule has 0 aliphatic heterocycles. The van der Waals surface area contributed by atoms with Crippen molar-refractivity contribution in [3.05, 3.63) is 35.9 Å². The SMILES string of the molecule is COCC(NCCC(=O)NCC(C)C)c1ccccc1. The summed E-state index contributed by atoms with van der Waals surface area (Å²) in [5, 5.41) is 6.29. The predicted molar refractivity (Wildman–Crippen MR) is 81.5 cm³/mol. The number of carbonyl (C=O) groups excluding carboxylic acids is 1. The van der Waals surface area contributed by atoms with E-state index in [1.807, 2.05) is 18.2 Å². The molecule has 0 aliphatic carbocycles. The Bertz CT molecular complexity index is 379. The van der Waals surface area contributed by atoms with Crippen LogP contribution >= 0.6 is 0 Å². The molecule has 0 heterocycles. The highest BCUT2D eigenvalue weighted by Crippen LogP contribution is 2.12. The number of ether oxygens (including phenoxy) is 1. The first kappa shape index (κ1) is 16.7. The summed E-state index contributed by atoms with van der Waals surface area (Å²) < 4.78 is 5.23. The fourth-order valence-corrected chi connectivity index (χ4v) is 1.89. The summed E-state index contributed by atoms with van der Waals surface area (Å²) >= 11 is 0. The van der Waals surface area contributed by atoms with Crippen molar-refractivity contribution >= 4 is 5.91 Å². The van der Waals surface area contributed by atoms with Gasteiger partial charge in [-0.1, -0.05) is 44.2 Å². The third-order valence-corrected chi connectivity index (χ3v) is 2.99. The Morgan fingerprint density at radius 1 is 1.25 bits per heavy atom. The maximum Gasteiger partial charge on any atom is 0.221 e. The summed E-state index contributed by atoms with van der Waals surface area (Å²) in [6.07, 6.45) is 0.486. The van der Waals surface area contributed by atoms with Crippen LogP contribution in [0.3, 0.4) is 0 Å².